The SMILES string of the molecule is CC/C=C\C/C=C\C/C=C\C/C=C\C/C=C\C/C=C\C/C=C\C/C=C\C/C=C\CCCCCCCCCC(=O)NC(COC1OC(CO)C(OC2OC(CO)C(OC3OC(CO)C(O)C(O)C3O)C(O)C2O)C(O)C1O)C(O)CCCCCCCCCCCCCCCC. The number of carbonyl (C=O) groups excluding carboxylic acids is 1. The predicted molar refractivity (Wildman–Crippen MR) is 369 cm³/mol. The highest BCUT2D eigenvalue weighted by molar-refractivity contribution is 5.76. The van der Waals surface area contributed by atoms with Crippen LogP contribution < -0.4 is 5.32 Å². The minimum atomic E-state index is -1.98. The van der Waals surface area contributed by atoms with Gasteiger partial charge in [-0.1, -0.05) is 245 Å². The Labute approximate surface area is 564 Å². The van der Waals surface area contributed by atoms with Crippen molar-refractivity contribution in [3.63, 3.8) is 0 Å². The number of carbonyl (C=O) groups is 1. The molecule has 540 valence electrons. The van der Waals surface area contributed by atoms with Crippen LogP contribution in [0.3, 0.4) is 0 Å². The third-order valence-electron chi connectivity index (χ3n) is 17.4. The number of nitrogens with one attached hydrogen (secondary N) is 1. The molecule has 0 aromatic rings. The smallest absolute Gasteiger partial charge is 0.220 e. The Morgan fingerprint density at radius 1 is 0.394 bits per heavy atom. The number of aliphatic hydroxyl groups excluding tert-OH is 11. The zero-order valence-corrected chi connectivity index (χ0v) is 57.1. The maximum Gasteiger partial charge on any atom is 0.220 e. The van der Waals surface area contributed by atoms with Crippen molar-refractivity contribution < 1.29 is 89.4 Å². The molecule has 19 heteroatoms. The third kappa shape index (κ3) is 36.3. The van der Waals surface area contributed by atoms with Gasteiger partial charge in [-0.2, -0.15) is 0 Å². The fraction of sp³-hybridized carbons (Fsp3) is 0.747. The van der Waals surface area contributed by atoms with Gasteiger partial charge in [-0.05, 0) is 83.5 Å². The van der Waals surface area contributed by atoms with Crippen LogP contribution >= 0.6 is 0 Å². The molecule has 19 nitrogen and oxygen atoms in total. The Balaban J connectivity index is 1.37. The summed E-state index contributed by atoms with van der Waals surface area (Å²) in [6.45, 7) is 1.66. The molecule has 0 spiro atoms. The van der Waals surface area contributed by atoms with Gasteiger partial charge in [-0.15, -0.1) is 0 Å². The summed E-state index contributed by atoms with van der Waals surface area (Å²) in [6.07, 6.45) is 47.4. The highest BCUT2D eigenvalue weighted by atomic mass is 16.8. The fourth-order valence-electron chi connectivity index (χ4n) is 11.5. The summed E-state index contributed by atoms with van der Waals surface area (Å²) in [4.78, 5) is 13.4. The van der Waals surface area contributed by atoms with Gasteiger partial charge in [0.05, 0.1) is 38.6 Å². The van der Waals surface area contributed by atoms with E-state index in [4.69, 9.17) is 28.4 Å². The molecule has 1 amide bonds. The van der Waals surface area contributed by atoms with Gasteiger partial charge < -0.3 is 89.9 Å². The van der Waals surface area contributed by atoms with Crippen molar-refractivity contribution in [1.29, 1.82) is 0 Å². The number of allylic oxidation sites excluding steroid dienone is 18. The number of aliphatic hydroxyl groups is 11. The molecule has 0 radical (unpaired) electrons. The molecule has 0 bridgehead atoms. The first kappa shape index (κ1) is 84.7. The summed E-state index contributed by atoms with van der Waals surface area (Å²) in [5.41, 5.74) is 0. The first-order valence-corrected chi connectivity index (χ1v) is 36.1. The van der Waals surface area contributed by atoms with Crippen molar-refractivity contribution in [3.8, 4) is 0 Å². The van der Waals surface area contributed by atoms with Crippen LogP contribution in [0, 0.1) is 0 Å². The number of unbranched alkanes of at least 4 members (excludes halogenated alkanes) is 20. The lowest BCUT2D eigenvalue weighted by Gasteiger charge is -2.48. The first-order chi connectivity index (χ1) is 45.8. The molecule has 0 aliphatic carbocycles. The lowest BCUT2D eigenvalue weighted by molar-refractivity contribution is -0.379. The van der Waals surface area contributed by atoms with Gasteiger partial charge in [0.15, 0.2) is 18.9 Å². The number of hydrogen-bond donors (Lipinski definition) is 12. The molecular formula is C75H127NO18. The molecule has 17 unspecified atom stereocenters. The van der Waals surface area contributed by atoms with E-state index in [1.54, 1.807) is 0 Å². The maximum absolute atomic E-state index is 13.4. The summed E-state index contributed by atoms with van der Waals surface area (Å²) < 4.78 is 34.4. The largest absolute Gasteiger partial charge is 0.394 e. The van der Waals surface area contributed by atoms with E-state index >= 15 is 0 Å². The average Bonchev–Trinajstić information content (AvgIpc) is 0.792. The molecule has 17 atom stereocenters. The quantitative estimate of drug-likeness (QED) is 0.0199. The van der Waals surface area contributed by atoms with Crippen LogP contribution in [-0.4, -0.2) is 193 Å². The second-order valence-electron chi connectivity index (χ2n) is 25.3. The van der Waals surface area contributed by atoms with Crippen LogP contribution in [0.1, 0.15) is 226 Å². The molecule has 3 aliphatic heterocycles. The zero-order valence-electron chi connectivity index (χ0n) is 57.1. The molecule has 3 saturated heterocycles. The Kier molecular flexibility index (Phi) is 49.9. The monoisotopic (exact) mass is 1330 g/mol. The van der Waals surface area contributed by atoms with E-state index in [0.29, 0.717) is 12.8 Å². The van der Waals surface area contributed by atoms with Crippen molar-refractivity contribution in [2.45, 2.75) is 330 Å². The van der Waals surface area contributed by atoms with Gasteiger partial charge in [-0.25, -0.2) is 0 Å². The molecular weight excluding hydrogens is 1200 g/mol. The standard InChI is InChI=1S/C75H127NO18/c1-3-5-7-9-11-13-15-17-19-20-21-22-23-24-25-26-27-28-29-30-31-32-33-34-35-36-37-38-39-41-43-45-47-49-51-53-63(81)76-58(59(80)52-50-48-46-44-42-40-18-16-14-12-10-8-6-4-2)57-89-73-69(87)66(84)71(61(55-78)91-73)94-75-70(88)67(85)72(62(56-79)92-75)93-74-68(86)65(83)64(82)60(54-77)90-74/h5,7,11,13,17,19,21-22,24-25,27-28,30-31,33-34,36-37,58-62,64-75,77-80,82-88H,3-4,6,8-10,12,14-16,18,20,23,26,29,32,35,38-57H2,1-2H3,(H,76,81)/b7-5-,13-11-,19-17-,22-21-,25-24-,28-27-,31-30-,34-33-,37-36-. The van der Waals surface area contributed by atoms with Crippen LogP contribution in [0.25, 0.3) is 0 Å². The lowest BCUT2D eigenvalue weighted by Crippen LogP contribution is -2.66. The molecule has 3 aliphatic rings. The second kappa shape index (κ2) is 55.3. The number of hydrogen-bond acceptors (Lipinski definition) is 18. The highest BCUT2D eigenvalue weighted by Gasteiger charge is 2.53. The van der Waals surface area contributed by atoms with Crippen LogP contribution in [0.5, 0.6) is 0 Å². The van der Waals surface area contributed by atoms with Gasteiger partial charge >= 0.3 is 0 Å². The zero-order chi connectivity index (χ0) is 68.2. The molecule has 0 aromatic heterocycles. The van der Waals surface area contributed by atoms with E-state index in [1.807, 2.05) is 0 Å². The fourth-order valence-corrected chi connectivity index (χ4v) is 11.5. The Hall–Kier alpha value is -3.55. The third-order valence-corrected chi connectivity index (χ3v) is 17.4. The van der Waals surface area contributed by atoms with Crippen molar-refractivity contribution in [3.05, 3.63) is 109 Å². The first-order valence-electron chi connectivity index (χ1n) is 36.1. The number of amides is 1. The van der Waals surface area contributed by atoms with E-state index in [-0.39, 0.29) is 18.9 Å². The second-order valence-corrected chi connectivity index (χ2v) is 25.3. The van der Waals surface area contributed by atoms with Crippen molar-refractivity contribution >= 4 is 5.91 Å². The van der Waals surface area contributed by atoms with Gasteiger partial charge in [0.2, 0.25) is 5.91 Å². The van der Waals surface area contributed by atoms with Crippen molar-refractivity contribution in [2.24, 2.45) is 0 Å². The van der Waals surface area contributed by atoms with E-state index in [2.05, 4.69) is 129 Å². The van der Waals surface area contributed by atoms with Crippen molar-refractivity contribution in [1.82, 2.24) is 5.32 Å². The highest BCUT2D eigenvalue weighted by Crippen LogP contribution is 2.33. The molecule has 94 heavy (non-hydrogen) atoms. The van der Waals surface area contributed by atoms with E-state index in [0.717, 1.165) is 128 Å². The van der Waals surface area contributed by atoms with Crippen molar-refractivity contribution in [2.75, 3.05) is 26.4 Å². The molecule has 12 N–H and O–H groups in total. The number of rotatable bonds is 54. The predicted octanol–water partition coefficient (Wildman–Crippen LogP) is 10.2. The maximum atomic E-state index is 13.4. The van der Waals surface area contributed by atoms with Gasteiger partial charge in [0.1, 0.15) is 73.2 Å². The Morgan fingerprint density at radius 3 is 1.15 bits per heavy atom. The molecule has 0 aromatic carbocycles. The molecule has 3 fully saturated rings. The van der Waals surface area contributed by atoms with E-state index < -0.39 is 124 Å². The Bertz CT molecular complexity index is 2130. The van der Waals surface area contributed by atoms with Gasteiger partial charge in [0, 0.05) is 6.42 Å². The summed E-state index contributed by atoms with van der Waals surface area (Å²) in [6, 6.07) is -0.901. The normalized spacial score (nSPS) is 28.0. The van der Waals surface area contributed by atoms with Gasteiger partial charge in [0.25, 0.3) is 0 Å². The minimum absolute atomic E-state index is 0.246. The van der Waals surface area contributed by atoms with Crippen LogP contribution in [0.15, 0.2) is 109 Å². The summed E-state index contributed by atoms with van der Waals surface area (Å²) in [5.74, 6) is -0.259. The minimum Gasteiger partial charge on any atom is -0.394 e. The van der Waals surface area contributed by atoms with Gasteiger partial charge in [-0.3, -0.25) is 4.79 Å². The summed E-state index contributed by atoms with van der Waals surface area (Å²) in [7, 11) is 0. The van der Waals surface area contributed by atoms with Crippen LogP contribution in [0.2, 0.25) is 0 Å². The summed E-state index contributed by atoms with van der Waals surface area (Å²) >= 11 is 0. The number of ether oxygens (including phenoxy) is 6. The van der Waals surface area contributed by atoms with E-state index in [9.17, 15) is 61.0 Å². The van der Waals surface area contributed by atoms with Crippen LogP contribution in [0.4, 0.5) is 0 Å². The van der Waals surface area contributed by atoms with E-state index in [1.165, 1.54) is 64.2 Å². The molecule has 3 heterocycles. The summed E-state index contributed by atoms with van der Waals surface area (Å²) in [5, 5.41) is 121. The molecule has 3 rings (SSSR count). The molecule has 0 saturated carbocycles. The Morgan fingerprint density at radius 2 is 0.734 bits per heavy atom. The average molecular weight is 1330 g/mol. The lowest BCUT2D eigenvalue weighted by atomic mass is 9.96. The topological polar surface area (TPSA) is 307 Å². The van der Waals surface area contributed by atoms with Crippen LogP contribution in [-0.2, 0) is 33.2 Å².